The Morgan fingerprint density at radius 3 is 2.45 bits per heavy atom. The van der Waals surface area contributed by atoms with Crippen LogP contribution in [-0.2, 0) is 6.61 Å². The number of rotatable bonds is 10. The van der Waals surface area contributed by atoms with E-state index in [2.05, 4.69) is 10.5 Å². The number of hydrogen-bond acceptors (Lipinski definition) is 6. The summed E-state index contributed by atoms with van der Waals surface area (Å²) in [6.07, 6.45) is 1.49. The number of nitrogens with zero attached hydrogens (tertiary/aromatic N) is 1. The van der Waals surface area contributed by atoms with Crippen LogP contribution < -0.4 is 24.4 Å². The Morgan fingerprint density at radius 2 is 1.73 bits per heavy atom. The maximum Gasteiger partial charge on any atom is 0.271 e. The summed E-state index contributed by atoms with van der Waals surface area (Å²) >= 11 is 0. The Labute approximate surface area is 191 Å². The van der Waals surface area contributed by atoms with Gasteiger partial charge in [-0.05, 0) is 66.6 Å². The number of amides is 1. The predicted molar refractivity (Wildman–Crippen MR) is 123 cm³/mol. The largest absolute Gasteiger partial charge is 0.493 e. The number of carbonyl (C=O) groups excluding carboxylic acids is 1. The lowest BCUT2D eigenvalue weighted by Gasteiger charge is -2.11. The molecule has 0 saturated carbocycles. The van der Waals surface area contributed by atoms with Gasteiger partial charge in [0.25, 0.3) is 5.91 Å². The topological polar surface area (TPSA) is 78.4 Å². The minimum atomic E-state index is -0.392. The molecule has 0 bridgehead atoms. The second-order valence-corrected chi connectivity index (χ2v) is 6.83. The fourth-order valence-electron chi connectivity index (χ4n) is 2.99. The Bertz CT molecular complexity index is 1130. The molecule has 0 aliphatic heterocycles. The Kier molecular flexibility index (Phi) is 8.24. The maximum absolute atomic E-state index is 13.3. The van der Waals surface area contributed by atoms with Crippen molar-refractivity contribution in [1.82, 2.24) is 5.43 Å². The highest BCUT2D eigenvalue weighted by Gasteiger charge is 2.11. The number of hydrazone groups is 1. The summed E-state index contributed by atoms with van der Waals surface area (Å²) in [5.41, 5.74) is 4.26. The quantitative estimate of drug-likeness (QED) is 0.360. The monoisotopic (exact) mass is 452 g/mol. The summed E-state index contributed by atoms with van der Waals surface area (Å²) in [4.78, 5) is 12.4. The van der Waals surface area contributed by atoms with Crippen LogP contribution in [-0.4, -0.2) is 32.9 Å². The molecule has 3 aromatic rings. The minimum Gasteiger partial charge on any atom is -0.493 e. The number of benzene rings is 3. The van der Waals surface area contributed by atoms with Crippen molar-refractivity contribution >= 4 is 12.1 Å². The van der Waals surface area contributed by atoms with Gasteiger partial charge in [-0.3, -0.25) is 4.79 Å². The first-order valence-corrected chi connectivity index (χ1v) is 10.2. The van der Waals surface area contributed by atoms with Crippen molar-refractivity contribution in [3.63, 3.8) is 0 Å². The summed E-state index contributed by atoms with van der Waals surface area (Å²) in [5, 5.41) is 4.01. The van der Waals surface area contributed by atoms with Crippen molar-refractivity contribution in [3.05, 3.63) is 83.2 Å². The molecular weight excluding hydrogens is 427 g/mol. The summed E-state index contributed by atoms with van der Waals surface area (Å²) in [5.74, 6) is 1.30. The number of nitrogens with one attached hydrogen (secondary N) is 1. The number of hydrogen-bond donors (Lipinski definition) is 1. The van der Waals surface area contributed by atoms with E-state index in [4.69, 9.17) is 18.9 Å². The molecule has 3 rings (SSSR count). The highest BCUT2D eigenvalue weighted by atomic mass is 19.1. The molecule has 0 fully saturated rings. The highest BCUT2D eigenvalue weighted by Crippen LogP contribution is 2.29. The number of ether oxygens (including phenoxy) is 4. The molecule has 7 nitrogen and oxygen atoms in total. The summed E-state index contributed by atoms with van der Waals surface area (Å²) < 4.78 is 35.2. The average molecular weight is 452 g/mol. The lowest BCUT2D eigenvalue weighted by Crippen LogP contribution is -2.17. The van der Waals surface area contributed by atoms with Crippen LogP contribution in [0.4, 0.5) is 4.39 Å². The van der Waals surface area contributed by atoms with Crippen LogP contribution in [0.3, 0.4) is 0 Å². The first-order valence-electron chi connectivity index (χ1n) is 10.2. The van der Waals surface area contributed by atoms with Crippen LogP contribution in [0, 0.1) is 5.82 Å². The zero-order valence-electron chi connectivity index (χ0n) is 18.6. The zero-order valence-corrected chi connectivity index (χ0v) is 18.6. The van der Waals surface area contributed by atoms with Crippen LogP contribution in [0.5, 0.6) is 23.0 Å². The summed E-state index contributed by atoms with van der Waals surface area (Å²) in [7, 11) is 3.06. The van der Waals surface area contributed by atoms with Gasteiger partial charge < -0.3 is 18.9 Å². The normalized spacial score (nSPS) is 10.7. The first-order chi connectivity index (χ1) is 16.0. The van der Waals surface area contributed by atoms with Gasteiger partial charge >= 0.3 is 0 Å². The van der Waals surface area contributed by atoms with Gasteiger partial charge in [0.1, 0.15) is 12.4 Å². The lowest BCUT2D eigenvalue weighted by atomic mass is 10.2. The number of methoxy groups -OCH3 is 2. The second kappa shape index (κ2) is 11.5. The van der Waals surface area contributed by atoms with Gasteiger partial charge in [-0.1, -0.05) is 12.1 Å². The van der Waals surface area contributed by atoms with Crippen LogP contribution >= 0.6 is 0 Å². The van der Waals surface area contributed by atoms with Gasteiger partial charge in [-0.25, -0.2) is 9.82 Å². The number of halogens is 1. The van der Waals surface area contributed by atoms with E-state index in [0.29, 0.717) is 46.3 Å². The Morgan fingerprint density at radius 1 is 0.939 bits per heavy atom. The molecule has 1 N–H and O–H groups in total. The van der Waals surface area contributed by atoms with Crippen molar-refractivity contribution in [3.8, 4) is 23.0 Å². The highest BCUT2D eigenvalue weighted by molar-refractivity contribution is 5.95. The molecule has 0 spiro atoms. The molecule has 0 aromatic heterocycles. The van der Waals surface area contributed by atoms with E-state index in [1.807, 2.05) is 6.92 Å². The van der Waals surface area contributed by atoms with Crippen LogP contribution in [0.2, 0.25) is 0 Å². The van der Waals surface area contributed by atoms with Gasteiger partial charge in [0, 0.05) is 5.56 Å². The van der Waals surface area contributed by atoms with E-state index in [9.17, 15) is 9.18 Å². The predicted octanol–water partition coefficient (Wildman–Crippen LogP) is 4.58. The van der Waals surface area contributed by atoms with Gasteiger partial charge in [-0.2, -0.15) is 5.10 Å². The van der Waals surface area contributed by atoms with E-state index >= 15 is 0 Å². The van der Waals surface area contributed by atoms with Crippen LogP contribution in [0.1, 0.15) is 28.4 Å². The fourth-order valence-corrected chi connectivity index (χ4v) is 2.99. The minimum absolute atomic E-state index is 0.198. The van der Waals surface area contributed by atoms with Crippen molar-refractivity contribution in [2.75, 3.05) is 20.8 Å². The zero-order chi connectivity index (χ0) is 23.6. The van der Waals surface area contributed by atoms with Crippen molar-refractivity contribution in [1.29, 1.82) is 0 Å². The first kappa shape index (κ1) is 23.6. The smallest absolute Gasteiger partial charge is 0.271 e. The molecule has 0 saturated heterocycles. The average Bonchev–Trinajstić information content (AvgIpc) is 2.83. The van der Waals surface area contributed by atoms with Crippen molar-refractivity contribution < 1.29 is 28.1 Å². The van der Waals surface area contributed by atoms with E-state index in [0.717, 1.165) is 0 Å². The molecular formula is C25H25FN2O5. The molecule has 0 aliphatic rings. The Hall–Kier alpha value is -4.07. The maximum atomic E-state index is 13.3. The molecule has 0 atom stereocenters. The van der Waals surface area contributed by atoms with E-state index in [-0.39, 0.29) is 12.4 Å². The molecule has 33 heavy (non-hydrogen) atoms. The van der Waals surface area contributed by atoms with E-state index in [1.165, 1.54) is 32.6 Å². The van der Waals surface area contributed by atoms with Crippen LogP contribution in [0.15, 0.2) is 65.8 Å². The third-order valence-corrected chi connectivity index (χ3v) is 4.58. The Balaban J connectivity index is 1.64. The molecule has 0 aliphatic carbocycles. The third kappa shape index (κ3) is 6.46. The van der Waals surface area contributed by atoms with E-state index < -0.39 is 5.91 Å². The van der Waals surface area contributed by atoms with Gasteiger partial charge in [0.15, 0.2) is 23.0 Å². The van der Waals surface area contributed by atoms with Crippen molar-refractivity contribution in [2.24, 2.45) is 5.10 Å². The molecule has 172 valence electrons. The summed E-state index contributed by atoms with van der Waals surface area (Å²) in [6, 6.07) is 16.3. The molecule has 1 amide bonds. The molecule has 0 radical (unpaired) electrons. The molecule has 3 aromatic carbocycles. The molecule has 8 heteroatoms. The standard InChI is InChI=1S/C25H25FN2O5/c1-4-32-24-14-19(9-11-21(24)30-2)25(29)28-27-15-17-8-10-22(23(13-17)31-3)33-16-18-6-5-7-20(26)12-18/h5-15H,4,16H2,1-3H3,(H,28,29)/b27-15+. The molecule has 0 unspecified atom stereocenters. The van der Waals surface area contributed by atoms with Crippen molar-refractivity contribution in [2.45, 2.75) is 13.5 Å². The lowest BCUT2D eigenvalue weighted by molar-refractivity contribution is 0.0954. The number of carbonyl (C=O) groups is 1. The fraction of sp³-hybridized carbons (Fsp3) is 0.200. The van der Waals surface area contributed by atoms with Gasteiger partial charge in [-0.15, -0.1) is 0 Å². The molecule has 0 heterocycles. The second-order valence-electron chi connectivity index (χ2n) is 6.83. The SMILES string of the molecule is CCOc1cc(C(=O)N/N=C/c2ccc(OCc3cccc(F)c3)c(OC)c2)ccc1OC. The van der Waals surface area contributed by atoms with Gasteiger partial charge in [0.2, 0.25) is 0 Å². The third-order valence-electron chi connectivity index (χ3n) is 4.58. The van der Waals surface area contributed by atoms with Gasteiger partial charge in [0.05, 0.1) is 27.0 Å². The van der Waals surface area contributed by atoms with Crippen LogP contribution in [0.25, 0.3) is 0 Å². The van der Waals surface area contributed by atoms with E-state index in [1.54, 1.807) is 48.5 Å². The summed E-state index contributed by atoms with van der Waals surface area (Å²) in [6.45, 7) is 2.50.